The molecular formula is C11H14O4S. The van der Waals surface area contributed by atoms with Crippen molar-refractivity contribution in [3.63, 3.8) is 0 Å². The van der Waals surface area contributed by atoms with Gasteiger partial charge in [0.25, 0.3) is 10.1 Å². The molecule has 0 unspecified atom stereocenters. The number of hydrogen-bond donors (Lipinski definition) is 1. The molecule has 0 saturated carbocycles. The quantitative estimate of drug-likeness (QED) is 0.784. The molecule has 0 fully saturated rings. The average Bonchev–Trinajstić information content (AvgIpc) is 2.51. The Hall–Kier alpha value is -0.910. The smallest absolute Gasteiger partial charge is 0.264 e. The van der Waals surface area contributed by atoms with E-state index in [0.29, 0.717) is 12.8 Å². The van der Waals surface area contributed by atoms with Gasteiger partial charge < -0.3 is 5.11 Å². The van der Waals surface area contributed by atoms with Gasteiger partial charge in [0.05, 0.1) is 18.5 Å². The topological polar surface area (TPSA) is 63.6 Å². The fraction of sp³-hybridized carbons (Fsp3) is 0.455. The average molecular weight is 242 g/mol. The van der Waals surface area contributed by atoms with Crippen LogP contribution in [-0.2, 0) is 27.1 Å². The lowest BCUT2D eigenvalue weighted by atomic mass is 10.0. The van der Waals surface area contributed by atoms with Crippen LogP contribution in [-0.4, -0.2) is 32.0 Å². The Morgan fingerprint density at radius 2 is 1.81 bits per heavy atom. The van der Waals surface area contributed by atoms with E-state index in [2.05, 4.69) is 4.18 Å². The number of aliphatic hydroxyl groups is 1. The highest BCUT2D eigenvalue weighted by Gasteiger charge is 2.36. The summed E-state index contributed by atoms with van der Waals surface area (Å²) < 4.78 is 26.4. The molecule has 0 radical (unpaired) electrons. The highest BCUT2D eigenvalue weighted by Crippen LogP contribution is 2.30. The van der Waals surface area contributed by atoms with Gasteiger partial charge in [0.2, 0.25) is 0 Å². The summed E-state index contributed by atoms with van der Waals surface area (Å²) in [6.45, 7) is -0.180. The third kappa shape index (κ3) is 2.61. The molecule has 0 heterocycles. The molecule has 0 aliphatic heterocycles. The summed E-state index contributed by atoms with van der Waals surface area (Å²) in [4.78, 5) is 0. The standard InChI is InChI=1S/C11H14O4S/c1-16(13,14)15-8-11(12)6-9-4-2-3-5-10(9)7-11/h2-5,12H,6-8H2,1H3. The molecule has 0 amide bonds. The largest absolute Gasteiger partial charge is 0.387 e. The molecule has 88 valence electrons. The summed E-state index contributed by atoms with van der Waals surface area (Å²) in [5, 5.41) is 10.2. The van der Waals surface area contributed by atoms with Gasteiger partial charge in [-0.25, -0.2) is 0 Å². The lowest BCUT2D eigenvalue weighted by Gasteiger charge is -2.20. The number of benzene rings is 1. The van der Waals surface area contributed by atoms with Crippen molar-refractivity contribution < 1.29 is 17.7 Å². The Labute approximate surface area is 95.0 Å². The highest BCUT2D eigenvalue weighted by atomic mass is 32.2. The van der Waals surface area contributed by atoms with E-state index in [4.69, 9.17) is 0 Å². The van der Waals surface area contributed by atoms with Crippen molar-refractivity contribution in [3.8, 4) is 0 Å². The minimum Gasteiger partial charge on any atom is -0.387 e. The Kier molecular flexibility index (Phi) is 2.77. The molecule has 0 aromatic heterocycles. The second-order valence-corrected chi connectivity index (χ2v) is 5.96. The van der Waals surface area contributed by atoms with Crippen molar-refractivity contribution in [2.75, 3.05) is 12.9 Å². The summed E-state index contributed by atoms with van der Waals surface area (Å²) in [6.07, 6.45) is 1.87. The molecule has 1 aromatic rings. The minimum atomic E-state index is -3.50. The molecule has 1 aliphatic rings. The van der Waals surface area contributed by atoms with Crippen molar-refractivity contribution in [2.45, 2.75) is 18.4 Å². The van der Waals surface area contributed by atoms with Gasteiger partial charge in [-0.1, -0.05) is 24.3 Å². The molecule has 0 atom stereocenters. The van der Waals surface area contributed by atoms with Crippen molar-refractivity contribution in [1.82, 2.24) is 0 Å². The maximum atomic E-state index is 10.9. The van der Waals surface area contributed by atoms with Crippen LogP contribution in [0.5, 0.6) is 0 Å². The SMILES string of the molecule is CS(=O)(=O)OCC1(O)Cc2ccccc2C1. The normalized spacial score (nSPS) is 18.4. The van der Waals surface area contributed by atoms with Crippen LogP contribution in [0.15, 0.2) is 24.3 Å². The number of fused-ring (bicyclic) bond motifs is 1. The second kappa shape index (κ2) is 3.84. The zero-order valence-corrected chi connectivity index (χ0v) is 9.83. The van der Waals surface area contributed by atoms with Crippen molar-refractivity contribution in [1.29, 1.82) is 0 Å². The maximum Gasteiger partial charge on any atom is 0.264 e. The van der Waals surface area contributed by atoms with Crippen LogP contribution in [0.2, 0.25) is 0 Å². The first-order valence-corrected chi connectivity index (χ1v) is 6.83. The molecule has 0 spiro atoms. The van der Waals surface area contributed by atoms with Crippen LogP contribution in [0.4, 0.5) is 0 Å². The minimum absolute atomic E-state index is 0.180. The van der Waals surface area contributed by atoms with E-state index in [-0.39, 0.29) is 6.61 Å². The first-order chi connectivity index (χ1) is 7.38. The predicted molar refractivity (Wildman–Crippen MR) is 59.6 cm³/mol. The van der Waals surface area contributed by atoms with Gasteiger partial charge in [-0.3, -0.25) is 4.18 Å². The van der Waals surface area contributed by atoms with Gasteiger partial charge in [0.1, 0.15) is 0 Å². The maximum absolute atomic E-state index is 10.9. The Morgan fingerprint density at radius 1 is 1.31 bits per heavy atom. The third-order valence-electron chi connectivity index (χ3n) is 2.70. The fourth-order valence-electron chi connectivity index (χ4n) is 1.99. The van der Waals surface area contributed by atoms with Crippen LogP contribution < -0.4 is 0 Å². The van der Waals surface area contributed by atoms with Crippen LogP contribution in [0.1, 0.15) is 11.1 Å². The van der Waals surface area contributed by atoms with Gasteiger partial charge in [-0.2, -0.15) is 8.42 Å². The molecule has 1 aliphatic carbocycles. The van der Waals surface area contributed by atoms with E-state index in [1.807, 2.05) is 24.3 Å². The van der Waals surface area contributed by atoms with Gasteiger partial charge in [-0.05, 0) is 11.1 Å². The molecule has 0 saturated heterocycles. The van der Waals surface area contributed by atoms with Gasteiger partial charge in [-0.15, -0.1) is 0 Å². The van der Waals surface area contributed by atoms with Gasteiger partial charge in [0, 0.05) is 12.8 Å². The van der Waals surface area contributed by atoms with E-state index in [1.54, 1.807) is 0 Å². The molecule has 2 rings (SSSR count). The van der Waals surface area contributed by atoms with E-state index in [0.717, 1.165) is 17.4 Å². The zero-order chi connectivity index (χ0) is 11.8. The summed E-state index contributed by atoms with van der Waals surface area (Å²) >= 11 is 0. The second-order valence-electron chi connectivity index (χ2n) is 4.31. The third-order valence-corrected chi connectivity index (χ3v) is 3.25. The monoisotopic (exact) mass is 242 g/mol. The first kappa shape index (κ1) is 11.6. The number of rotatable bonds is 3. The van der Waals surface area contributed by atoms with Crippen molar-refractivity contribution in [3.05, 3.63) is 35.4 Å². The molecule has 4 nitrogen and oxygen atoms in total. The Morgan fingerprint density at radius 3 is 2.25 bits per heavy atom. The highest BCUT2D eigenvalue weighted by molar-refractivity contribution is 7.85. The summed E-state index contributed by atoms with van der Waals surface area (Å²) in [5.41, 5.74) is 1.02. The Bertz CT molecular complexity index is 467. The lowest BCUT2D eigenvalue weighted by Crippen LogP contribution is -2.36. The van der Waals surface area contributed by atoms with Crippen LogP contribution >= 0.6 is 0 Å². The molecule has 1 N–H and O–H groups in total. The fourth-order valence-corrected chi connectivity index (χ4v) is 2.43. The molecule has 0 bridgehead atoms. The molecule has 5 heteroatoms. The zero-order valence-electron chi connectivity index (χ0n) is 9.01. The van der Waals surface area contributed by atoms with Gasteiger partial charge >= 0.3 is 0 Å². The van der Waals surface area contributed by atoms with E-state index in [1.165, 1.54) is 0 Å². The van der Waals surface area contributed by atoms with Crippen LogP contribution in [0.25, 0.3) is 0 Å². The predicted octanol–water partition coefficient (Wildman–Crippen LogP) is 0.492. The summed E-state index contributed by atoms with van der Waals surface area (Å²) in [5.74, 6) is 0. The molecule has 1 aromatic carbocycles. The summed E-state index contributed by atoms with van der Waals surface area (Å²) in [6, 6.07) is 7.69. The van der Waals surface area contributed by atoms with Crippen LogP contribution in [0.3, 0.4) is 0 Å². The van der Waals surface area contributed by atoms with Gasteiger partial charge in [0.15, 0.2) is 0 Å². The van der Waals surface area contributed by atoms with Crippen molar-refractivity contribution in [2.24, 2.45) is 0 Å². The Balaban J connectivity index is 2.09. The van der Waals surface area contributed by atoms with E-state index in [9.17, 15) is 13.5 Å². The number of hydrogen-bond acceptors (Lipinski definition) is 4. The van der Waals surface area contributed by atoms with Crippen molar-refractivity contribution >= 4 is 10.1 Å². The molecular weight excluding hydrogens is 228 g/mol. The van der Waals surface area contributed by atoms with E-state index >= 15 is 0 Å². The lowest BCUT2D eigenvalue weighted by molar-refractivity contribution is 0.00668. The molecule has 16 heavy (non-hydrogen) atoms. The summed E-state index contributed by atoms with van der Waals surface area (Å²) in [7, 11) is -3.50. The van der Waals surface area contributed by atoms with Crippen LogP contribution in [0, 0.1) is 0 Å². The first-order valence-electron chi connectivity index (χ1n) is 5.02. The van der Waals surface area contributed by atoms with E-state index < -0.39 is 15.7 Å².